The fraction of sp³-hybridized carbons (Fsp3) is 1.00. The van der Waals surface area contributed by atoms with Gasteiger partial charge in [-0.05, 0) is 5.54 Å². The number of phosphoric acid groups is 1. The highest BCUT2D eigenvalue weighted by Crippen LogP contribution is 2.36. The van der Waals surface area contributed by atoms with E-state index in [9.17, 15) is 0 Å². The van der Waals surface area contributed by atoms with Crippen LogP contribution in [0.1, 0.15) is 26.2 Å². The number of hydrogen-bond acceptors (Lipinski definition) is 1. The summed E-state index contributed by atoms with van der Waals surface area (Å²) in [5, 5.41) is 0. The van der Waals surface area contributed by atoms with E-state index in [1.807, 2.05) is 0 Å². The van der Waals surface area contributed by atoms with Crippen LogP contribution >= 0.6 is 7.82 Å². The van der Waals surface area contributed by atoms with Gasteiger partial charge in [0.2, 0.25) is 0 Å². The van der Waals surface area contributed by atoms with Crippen LogP contribution in [-0.4, -0.2) is 22.8 Å². The summed E-state index contributed by atoms with van der Waals surface area (Å²) >= 11 is 0. The van der Waals surface area contributed by atoms with Crippen LogP contribution in [0.5, 0.6) is 0 Å². The Bertz CT molecular complexity index is 205. The fourth-order valence-electron chi connectivity index (χ4n) is 1.67. The Hall–Kier alpha value is 0.327. The minimum absolute atomic E-state index is 0.694. The highest BCUT2D eigenvalue weighted by atomic mass is 31.2. The summed E-state index contributed by atoms with van der Waals surface area (Å²) in [4.78, 5) is 21.6. The van der Waals surface area contributed by atoms with E-state index in [1.165, 1.54) is 19.3 Å². The van der Waals surface area contributed by atoms with E-state index in [0.717, 1.165) is 5.54 Å². The van der Waals surface area contributed by atoms with Gasteiger partial charge in [-0.3, -0.25) is 0 Å². The van der Waals surface area contributed by atoms with Crippen molar-refractivity contribution in [3.05, 3.63) is 0 Å². The SMILES string of the molecule is CC1CCCC[Si]1(C)C.O=P(O)(O)O. The lowest BCUT2D eigenvalue weighted by atomic mass is 10.2. The standard InChI is InChI=1S/C8H18Si.H3O4P/c1-8-6-4-5-7-9(8,2)3;1-5(2,3)4/h8H,4-7H2,1-3H3;(H3,1,2,3,4). The van der Waals surface area contributed by atoms with Gasteiger partial charge in [0.15, 0.2) is 0 Å². The van der Waals surface area contributed by atoms with Crippen molar-refractivity contribution in [2.75, 3.05) is 0 Å². The van der Waals surface area contributed by atoms with Crippen LogP contribution in [-0.2, 0) is 4.57 Å². The van der Waals surface area contributed by atoms with Crippen LogP contribution in [0.2, 0.25) is 24.7 Å². The van der Waals surface area contributed by atoms with Gasteiger partial charge in [0.05, 0.1) is 8.07 Å². The van der Waals surface area contributed by atoms with Crippen molar-refractivity contribution >= 4 is 15.9 Å². The molecule has 1 fully saturated rings. The molecule has 0 aromatic rings. The van der Waals surface area contributed by atoms with E-state index in [1.54, 1.807) is 6.04 Å². The molecule has 86 valence electrons. The highest BCUT2D eigenvalue weighted by molar-refractivity contribution is 7.45. The second-order valence-corrected chi connectivity index (χ2v) is 11.1. The van der Waals surface area contributed by atoms with Gasteiger partial charge < -0.3 is 14.7 Å². The zero-order valence-corrected chi connectivity index (χ0v) is 11.0. The molecule has 1 heterocycles. The van der Waals surface area contributed by atoms with Crippen molar-refractivity contribution in [2.45, 2.75) is 50.9 Å². The first-order chi connectivity index (χ1) is 6.13. The molecule has 1 aliphatic rings. The normalized spacial score (nSPS) is 26.3. The summed E-state index contributed by atoms with van der Waals surface area (Å²) in [6.07, 6.45) is 4.53. The monoisotopic (exact) mass is 240 g/mol. The molecule has 14 heavy (non-hydrogen) atoms. The maximum Gasteiger partial charge on any atom is 0.466 e. The van der Waals surface area contributed by atoms with Crippen LogP contribution in [0.4, 0.5) is 0 Å². The smallest absolute Gasteiger partial charge is 0.303 e. The quantitative estimate of drug-likeness (QED) is 0.448. The Morgan fingerprint density at radius 1 is 1.21 bits per heavy atom. The first-order valence-electron chi connectivity index (χ1n) is 4.91. The van der Waals surface area contributed by atoms with Crippen molar-refractivity contribution in [3.8, 4) is 0 Å². The van der Waals surface area contributed by atoms with Crippen LogP contribution in [0.25, 0.3) is 0 Å². The average molecular weight is 240 g/mol. The Morgan fingerprint density at radius 2 is 1.64 bits per heavy atom. The Labute approximate surface area is 86.6 Å². The molecule has 0 bridgehead atoms. The van der Waals surface area contributed by atoms with Crippen molar-refractivity contribution in [1.29, 1.82) is 0 Å². The molecule has 1 atom stereocenters. The fourth-order valence-corrected chi connectivity index (χ4v) is 4.31. The van der Waals surface area contributed by atoms with Gasteiger partial charge in [-0.25, -0.2) is 4.57 Å². The van der Waals surface area contributed by atoms with Crippen molar-refractivity contribution in [2.24, 2.45) is 0 Å². The second-order valence-electron chi connectivity index (χ2n) is 4.65. The maximum atomic E-state index is 8.88. The lowest BCUT2D eigenvalue weighted by Crippen LogP contribution is -2.33. The predicted molar refractivity (Wildman–Crippen MR) is 59.8 cm³/mol. The van der Waals surface area contributed by atoms with Crippen molar-refractivity contribution < 1.29 is 19.2 Å². The van der Waals surface area contributed by atoms with E-state index in [4.69, 9.17) is 19.2 Å². The summed E-state index contributed by atoms with van der Waals surface area (Å²) in [5.74, 6) is 0. The van der Waals surface area contributed by atoms with Gasteiger partial charge in [0, 0.05) is 0 Å². The maximum absolute atomic E-state index is 8.88. The third kappa shape index (κ3) is 7.70. The van der Waals surface area contributed by atoms with Gasteiger partial charge in [-0.1, -0.05) is 45.3 Å². The molecule has 1 saturated heterocycles. The van der Waals surface area contributed by atoms with Crippen LogP contribution in [0.15, 0.2) is 0 Å². The Morgan fingerprint density at radius 3 is 1.86 bits per heavy atom. The molecule has 0 saturated carbocycles. The van der Waals surface area contributed by atoms with Gasteiger partial charge in [0.25, 0.3) is 0 Å². The van der Waals surface area contributed by atoms with Crippen LogP contribution < -0.4 is 0 Å². The van der Waals surface area contributed by atoms with Gasteiger partial charge in [-0.2, -0.15) is 0 Å². The summed E-state index contributed by atoms with van der Waals surface area (Å²) in [5.41, 5.74) is 1.09. The first kappa shape index (κ1) is 14.3. The minimum Gasteiger partial charge on any atom is -0.303 e. The molecule has 0 radical (unpaired) electrons. The molecular weight excluding hydrogens is 219 g/mol. The highest BCUT2D eigenvalue weighted by Gasteiger charge is 2.30. The third-order valence-corrected chi connectivity index (χ3v) is 7.64. The molecule has 0 aliphatic carbocycles. The third-order valence-electron chi connectivity index (χ3n) is 3.04. The van der Waals surface area contributed by atoms with Crippen LogP contribution in [0.3, 0.4) is 0 Å². The molecule has 1 aliphatic heterocycles. The van der Waals surface area contributed by atoms with E-state index >= 15 is 0 Å². The van der Waals surface area contributed by atoms with Crippen molar-refractivity contribution in [1.82, 2.24) is 0 Å². The Kier molecular flexibility index (Phi) is 5.55. The molecule has 0 amide bonds. The minimum atomic E-state index is -4.64. The predicted octanol–water partition coefficient (Wildman–Crippen LogP) is 2.34. The molecule has 0 aromatic carbocycles. The summed E-state index contributed by atoms with van der Waals surface area (Å²) < 4.78 is 8.88. The van der Waals surface area contributed by atoms with Gasteiger partial charge in [-0.15, -0.1) is 0 Å². The van der Waals surface area contributed by atoms with Crippen molar-refractivity contribution in [3.63, 3.8) is 0 Å². The molecule has 6 heteroatoms. The second kappa shape index (κ2) is 5.42. The zero-order chi connectivity index (χ0) is 11.4. The molecule has 3 N–H and O–H groups in total. The first-order valence-corrected chi connectivity index (χ1v) is 9.76. The molecular formula is C8H21O4PSi. The lowest BCUT2D eigenvalue weighted by Gasteiger charge is -2.34. The van der Waals surface area contributed by atoms with E-state index in [0.29, 0.717) is 0 Å². The molecule has 0 aromatic heterocycles. The molecule has 1 unspecified atom stereocenters. The van der Waals surface area contributed by atoms with E-state index < -0.39 is 15.9 Å². The number of rotatable bonds is 0. The molecule has 1 rings (SSSR count). The van der Waals surface area contributed by atoms with E-state index in [2.05, 4.69) is 20.0 Å². The summed E-state index contributed by atoms with van der Waals surface area (Å²) in [7, 11) is -5.33. The molecule has 0 spiro atoms. The largest absolute Gasteiger partial charge is 0.466 e. The van der Waals surface area contributed by atoms with E-state index in [-0.39, 0.29) is 0 Å². The average Bonchev–Trinajstić information content (AvgIpc) is 1.92. The summed E-state index contributed by atoms with van der Waals surface area (Å²) in [6.45, 7) is 7.53. The Balaban J connectivity index is 0.000000292. The topological polar surface area (TPSA) is 77.8 Å². The van der Waals surface area contributed by atoms with Gasteiger partial charge in [0.1, 0.15) is 0 Å². The van der Waals surface area contributed by atoms with Crippen LogP contribution in [0, 0.1) is 0 Å². The lowest BCUT2D eigenvalue weighted by molar-refractivity contribution is 0.275. The zero-order valence-electron chi connectivity index (χ0n) is 9.10. The molecule has 4 nitrogen and oxygen atoms in total. The van der Waals surface area contributed by atoms with Gasteiger partial charge >= 0.3 is 7.82 Å². The summed E-state index contributed by atoms with van der Waals surface area (Å²) in [6, 6.07) is 1.58. The number of hydrogen-bond donors (Lipinski definition) is 3.